The van der Waals surface area contributed by atoms with Crippen molar-refractivity contribution in [3.8, 4) is 0 Å². The van der Waals surface area contributed by atoms with E-state index in [1.54, 1.807) is 24.3 Å². The van der Waals surface area contributed by atoms with Crippen LogP contribution in [-0.2, 0) is 9.53 Å². The highest BCUT2D eigenvalue weighted by Crippen LogP contribution is 2.14. The summed E-state index contributed by atoms with van der Waals surface area (Å²) in [4.78, 5) is 11.3. The Labute approximate surface area is 94.4 Å². The van der Waals surface area contributed by atoms with E-state index in [1.807, 2.05) is 13.8 Å². The van der Waals surface area contributed by atoms with Crippen LogP contribution in [-0.4, -0.2) is 18.6 Å². The van der Waals surface area contributed by atoms with Crippen LogP contribution in [0.4, 0.5) is 5.69 Å². The molecule has 0 aliphatic rings. The van der Waals surface area contributed by atoms with E-state index in [0.29, 0.717) is 10.7 Å². The number of anilines is 1. The Morgan fingerprint density at radius 3 is 2.87 bits per heavy atom. The van der Waals surface area contributed by atoms with Crippen LogP contribution in [0.2, 0.25) is 5.02 Å². The van der Waals surface area contributed by atoms with Gasteiger partial charge in [-0.05, 0) is 32.0 Å². The Kier molecular flexibility index (Phi) is 4.59. The van der Waals surface area contributed by atoms with Crippen LogP contribution < -0.4 is 5.32 Å². The average molecular weight is 228 g/mol. The summed E-state index contributed by atoms with van der Waals surface area (Å²) in [7, 11) is 0. The second-order valence-corrected chi connectivity index (χ2v) is 3.85. The normalized spacial score (nSPS) is 10.4. The first-order chi connectivity index (χ1) is 7.08. The molecule has 0 aromatic heterocycles. The predicted octanol–water partition coefficient (Wildman–Crippen LogP) is 2.70. The molecule has 4 heteroatoms. The standard InChI is InChI=1S/C11H14ClNO2/c1-8(2)15-7-11(14)13-10-5-3-4-9(12)6-10/h3-6,8H,7H2,1-2H3,(H,13,14). The van der Waals surface area contributed by atoms with E-state index in [4.69, 9.17) is 16.3 Å². The maximum absolute atomic E-state index is 11.3. The van der Waals surface area contributed by atoms with E-state index in [2.05, 4.69) is 5.32 Å². The van der Waals surface area contributed by atoms with Gasteiger partial charge in [0.2, 0.25) is 5.91 Å². The van der Waals surface area contributed by atoms with Gasteiger partial charge in [0.25, 0.3) is 0 Å². The molecule has 0 spiro atoms. The lowest BCUT2D eigenvalue weighted by atomic mass is 10.3. The molecule has 0 unspecified atom stereocenters. The van der Waals surface area contributed by atoms with Crippen molar-refractivity contribution in [2.45, 2.75) is 20.0 Å². The highest BCUT2D eigenvalue weighted by atomic mass is 35.5. The molecule has 3 nitrogen and oxygen atoms in total. The zero-order valence-electron chi connectivity index (χ0n) is 8.79. The van der Waals surface area contributed by atoms with E-state index < -0.39 is 0 Å². The summed E-state index contributed by atoms with van der Waals surface area (Å²) in [6.07, 6.45) is 0.0510. The van der Waals surface area contributed by atoms with Crippen molar-refractivity contribution >= 4 is 23.2 Å². The fourth-order valence-corrected chi connectivity index (χ4v) is 1.20. The van der Waals surface area contributed by atoms with Crippen LogP contribution in [0.15, 0.2) is 24.3 Å². The maximum atomic E-state index is 11.3. The van der Waals surface area contributed by atoms with Crippen molar-refractivity contribution in [1.29, 1.82) is 0 Å². The van der Waals surface area contributed by atoms with Gasteiger partial charge in [-0.25, -0.2) is 0 Å². The summed E-state index contributed by atoms with van der Waals surface area (Å²) in [5, 5.41) is 3.28. The summed E-state index contributed by atoms with van der Waals surface area (Å²) < 4.78 is 5.16. The fourth-order valence-electron chi connectivity index (χ4n) is 1.01. The van der Waals surface area contributed by atoms with Crippen LogP contribution in [0.25, 0.3) is 0 Å². The lowest BCUT2D eigenvalue weighted by Gasteiger charge is -2.08. The lowest BCUT2D eigenvalue weighted by Crippen LogP contribution is -2.20. The van der Waals surface area contributed by atoms with Gasteiger partial charge in [-0.2, -0.15) is 0 Å². The van der Waals surface area contributed by atoms with Gasteiger partial charge in [-0.1, -0.05) is 17.7 Å². The molecule has 0 fully saturated rings. The number of hydrogen-bond donors (Lipinski definition) is 1. The summed E-state index contributed by atoms with van der Waals surface area (Å²) in [5.74, 6) is -0.175. The number of amides is 1. The van der Waals surface area contributed by atoms with Gasteiger partial charge < -0.3 is 10.1 Å². The minimum atomic E-state index is -0.175. The Hall–Kier alpha value is -1.06. The number of carbonyl (C=O) groups excluding carboxylic acids is 1. The van der Waals surface area contributed by atoms with Crippen LogP contribution in [0.1, 0.15) is 13.8 Å². The summed E-state index contributed by atoms with van der Waals surface area (Å²) >= 11 is 5.77. The minimum Gasteiger partial charge on any atom is -0.369 e. The Balaban J connectivity index is 2.44. The number of hydrogen-bond acceptors (Lipinski definition) is 2. The van der Waals surface area contributed by atoms with Crippen molar-refractivity contribution < 1.29 is 9.53 Å². The molecule has 0 aliphatic carbocycles. The third kappa shape index (κ3) is 4.81. The van der Waals surface area contributed by atoms with E-state index in [0.717, 1.165) is 0 Å². The molecule has 0 heterocycles. The largest absolute Gasteiger partial charge is 0.369 e. The second-order valence-electron chi connectivity index (χ2n) is 3.42. The van der Waals surface area contributed by atoms with Gasteiger partial charge in [-0.3, -0.25) is 4.79 Å². The molecule has 0 radical (unpaired) electrons. The lowest BCUT2D eigenvalue weighted by molar-refractivity contribution is -0.121. The first-order valence-electron chi connectivity index (χ1n) is 4.75. The molecular formula is C11H14ClNO2. The second kappa shape index (κ2) is 5.73. The van der Waals surface area contributed by atoms with Crippen molar-refractivity contribution in [3.05, 3.63) is 29.3 Å². The number of halogens is 1. The molecule has 1 N–H and O–H groups in total. The number of benzene rings is 1. The van der Waals surface area contributed by atoms with Gasteiger partial charge in [0.05, 0.1) is 6.10 Å². The molecule has 1 rings (SSSR count). The quantitative estimate of drug-likeness (QED) is 0.859. The van der Waals surface area contributed by atoms with Crippen LogP contribution in [0.5, 0.6) is 0 Å². The van der Waals surface area contributed by atoms with Gasteiger partial charge in [0.1, 0.15) is 6.61 Å². The third-order valence-electron chi connectivity index (χ3n) is 1.66. The third-order valence-corrected chi connectivity index (χ3v) is 1.89. The monoisotopic (exact) mass is 227 g/mol. The Morgan fingerprint density at radius 2 is 2.27 bits per heavy atom. The van der Waals surface area contributed by atoms with Crippen LogP contribution >= 0.6 is 11.6 Å². The fraction of sp³-hybridized carbons (Fsp3) is 0.364. The predicted molar refractivity (Wildman–Crippen MR) is 61.2 cm³/mol. The van der Waals surface area contributed by atoms with E-state index >= 15 is 0 Å². The molecule has 0 atom stereocenters. The summed E-state index contributed by atoms with van der Waals surface area (Å²) in [6.45, 7) is 3.82. The van der Waals surface area contributed by atoms with Gasteiger partial charge in [0, 0.05) is 10.7 Å². The van der Waals surface area contributed by atoms with Crippen molar-refractivity contribution in [3.63, 3.8) is 0 Å². The van der Waals surface area contributed by atoms with E-state index in [1.165, 1.54) is 0 Å². The maximum Gasteiger partial charge on any atom is 0.250 e. The smallest absolute Gasteiger partial charge is 0.250 e. The highest BCUT2D eigenvalue weighted by molar-refractivity contribution is 6.30. The molecule has 1 amide bonds. The van der Waals surface area contributed by atoms with Gasteiger partial charge in [-0.15, -0.1) is 0 Å². The number of nitrogens with one attached hydrogen (secondary N) is 1. The average Bonchev–Trinajstić information content (AvgIpc) is 2.15. The molecule has 82 valence electrons. The van der Waals surface area contributed by atoms with Crippen molar-refractivity contribution in [2.24, 2.45) is 0 Å². The highest BCUT2D eigenvalue weighted by Gasteiger charge is 2.03. The Bertz CT molecular complexity index is 339. The van der Waals surface area contributed by atoms with E-state index in [-0.39, 0.29) is 18.6 Å². The SMILES string of the molecule is CC(C)OCC(=O)Nc1cccc(Cl)c1. The Morgan fingerprint density at radius 1 is 1.53 bits per heavy atom. The molecule has 15 heavy (non-hydrogen) atoms. The molecule has 0 saturated carbocycles. The zero-order chi connectivity index (χ0) is 11.3. The topological polar surface area (TPSA) is 38.3 Å². The number of ether oxygens (including phenoxy) is 1. The first-order valence-corrected chi connectivity index (χ1v) is 5.13. The molecule has 1 aromatic rings. The summed E-state index contributed by atoms with van der Waals surface area (Å²) in [6, 6.07) is 7.00. The number of rotatable bonds is 4. The zero-order valence-corrected chi connectivity index (χ0v) is 9.54. The van der Waals surface area contributed by atoms with Crippen LogP contribution in [0, 0.1) is 0 Å². The van der Waals surface area contributed by atoms with E-state index in [9.17, 15) is 4.79 Å². The van der Waals surface area contributed by atoms with Crippen molar-refractivity contribution in [1.82, 2.24) is 0 Å². The van der Waals surface area contributed by atoms with Crippen molar-refractivity contribution in [2.75, 3.05) is 11.9 Å². The minimum absolute atomic E-state index is 0.0510. The molecule has 0 saturated heterocycles. The van der Waals surface area contributed by atoms with Gasteiger partial charge in [0.15, 0.2) is 0 Å². The molecule has 0 bridgehead atoms. The molecule has 1 aromatic carbocycles. The summed E-state index contributed by atoms with van der Waals surface area (Å²) in [5.41, 5.74) is 0.680. The molecule has 0 aliphatic heterocycles. The molecular weight excluding hydrogens is 214 g/mol. The first kappa shape index (κ1) is 12.0. The van der Waals surface area contributed by atoms with Gasteiger partial charge >= 0.3 is 0 Å². The number of carbonyl (C=O) groups is 1. The van der Waals surface area contributed by atoms with Crippen LogP contribution in [0.3, 0.4) is 0 Å².